The Kier molecular flexibility index (Phi) is 5.46. The second kappa shape index (κ2) is 7.78. The molecule has 26 heavy (non-hydrogen) atoms. The first-order chi connectivity index (χ1) is 12.5. The molecule has 138 valence electrons. The molecule has 0 aliphatic rings. The van der Waals surface area contributed by atoms with Crippen LogP contribution >= 0.6 is 0 Å². The van der Waals surface area contributed by atoms with Crippen LogP contribution in [0.2, 0.25) is 0 Å². The molecule has 3 rings (SSSR count). The van der Waals surface area contributed by atoms with Gasteiger partial charge in [-0.15, -0.1) is 10.2 Å². The largest absolute Gasteiger partial charge is 0.443 e. The Balaban J connectivity index is 1.99. The van der Waals surface area contributed by atoms with Crippen molar-refractivity contribution in [3.63, 3.8) is 0 Å². The minimum Gasteiger partial charge on any atom is -0.443 e. The van der Waals surface area contributed by atoms with Gasteiger partial charge in [0.05, 0.1) is 11.4 Å². The van der Waals surface area contributed by atoms with Crippen LogP contribution < -0.4 is 5.73 Å². The molecule has 0 bridgehead atoms. The van der Waals surface area contributed by atoms with Gasteiger partial charge in [-0.05, 0) is 42.9 Å². The Morgan fingerprint density at radius 2 is 1.54 bits per heavy atom. The normalized spacial score (nSPS) is 11.7. The zero-order chi connectivity index (χ0) is 18.7. The first-order valence-electron chi connectivity index (χ1n) is 8.97. The van der Waals surface area contributed by atoms with E-state index in [1.165, 1.54) is 0 Å². The topological polar surface area (TPSA) is 104 Å². The number of aromatic nitrogens is 4. The summed E-state index contributed by atoms with van der Waals surface area (Å²) in [5.74, 6) is 1.53. The number of nitrogens with two attached hydrogens (primary N) is 1. The average Bonchev–Trinajstić information content (AvgIpc) is 3.29. The van der Waals surface area contributed by atoms with Gasteiger partial charge in [-0.2, -0.15) is 0 Å². The molecule has 2 N–H and O–H groups in total. The van der Waals surface area contributed by atoms with Crippen LogP contribution in [0.5, 0.6) is 0 Å². The van der Waals surface area contributed by atoms with E-state index in [1.54, 1.807) is 12.5 Å². The lowest BCUT2D eigenvalue weighted by atomic mass is 10.1. The van der Waals surface area contributed by atoms with Crippen molar-refractivity contribution in [3.05, 3.63) is 35.5 Å². The number of hydrogen-bond donors (Lipinski definition) is 1. The lowest BCUT2D eigenvalue weighted by Crippen LogP contribution is -2.04. The van der Waals surface area contributed by atoms with Crippen molar-refractivity contribution in [1.29, 1.82) is 0 Å². The van der Waals surface area contributed by atoms with Crippen molar-refractivity contribution in [2.45, 2.75) is 52.4 Å². The van der Waals surface area contributed by atoms with Crippen LogP contribution in [0.15, 0.2) is 27.4 Å². The van der Waals surface area contributed by atoms with E-state index in [0.717, 1.165) is 29.8 Å². The van der Waals surface area contributed by atoms with Crippen LogP contribution in [0.3, 0.4) is 0 Å². The summed E-state index contributed by atoms with van der Waals surface area (Å²) in [7, 11) is 0. The highest BCUT2D eigenvalue weighted by Crippen LogP contribution is 2.27. The van der Waals surface area contributed by atoms with Crippen molar-refractivity contribution in [2.75, 3.05) is 6.54 Å². The fourth-order valence-electron chi connectivity index (χ4n) is 2.53. The molecule has 7 nitrogen and oxygen atoms in total. The van der Waals surface area contributed by atoms with Crippen LogP contribution in [-0.4, -0.2) is 26.7 Å². The Hall–Kier alpha value is -2.54. The lowest BCUT2D eigenvalue weighted by molar-refractivity contribution is 0.562. The average molecular weight is 355 g/mol. The van der Waals surface area contributed by atoms with Crippen molar-refractivity contribution in [2.24, 2.45) is 5.73 Å². The van der Waals surface area contributed by atoms with Gasteiger partial charge >= 0.3 is 0 Å². The molecule has 3 aromatic heterocycles. The summed E-state index contributed by atoms with van der Waals surface area (Å²) < 4.78 is 11.2. The van der Waals surface area contributed by atoms with Gasteiger partial charge in [-0.25, -0.2) is 9.97 Å². The van der Waals surface area contributed by atoms with Gasteiger partial charge in [0.2, 0.25) is 11.8 Å². The summed E-state index contributed by atoms with van der Waals surface area (Å²) in [5.41, 5.74) is 9.69. The molecule has 0 aliphatic heterocycles. The minimum atomic E-state index is 0.286. The first kappa shape index (κ1) is 18.3. The highest BCUT2D eigenvalue weighted by atomic mass is 16.3. The van der Waals surface area contributed by atoms with Crippen molar-refractivity contribution in [3.8, 4) is 23.2 Å². The number of hydrogen-bond acceptors (Lipinski definition) is 7. The molecule has 3 heterocycles. The third-order valence-corrected chi connectivity index (χ3v) is 4.17. The molecule has 0 saturated heterocycles. The SMILES string of the molecule is CC(C)c1coc(-c2cc(CCCN)c(-c3nc(C(C)C)co3)nn2)n1. The highest BCUT2D eigenvalue weighted by Gasteiger charge is 2.18. The Bertz CT molecular complexity index is 866. The molecule has 0 atom stereocenters. The summed E-state index contributed by atoms with van der Waals surface area (Å²) in [6, 6.07) is 1.94. The van der Waals surface area contributed by atoms with Gasteiger partial charge in [0.25, 0.3) is 0 Å². The molecule has 0 spiro atoms. The van der Waals surface area contributed by atoms with E-state index >= 15 is 0 Å². The molecular weight excluding hydrogens is 330 g/mol. The molecule has 0 saturated carbocycles. The van der Waals surface area contributed by atoms with Gasteiger partial charge in [0, 0.05) is 0 Å². The fourth-order valence-corrected chi connectivity index (χ4v) is 2.53. The smallest absolute Gasteiger partial charge is 0.247 e. The van der Waals surface area contributed by atoms with Crippen LogP contribution in [-0.2, 0) is 6.42 Å². The summed E-state index contributed by atoms with van der Waals surface area (Å²) in [6.07, 6.45) is 4.92. The standard InChI is InChI=1S/C19H25N5O2/c1-11(2)15-9-25-18(21-15)14-8-13(6-5-7-20)17(24-23-14)19-22-16(10-26-19)12(3)4/h8-12H,5-7,20H2,1-4H3. The fraction of sp³-hybridized carbons (Fsp3) is 0.474. The van der Waals surface area contributed by atoms with Gasteiger partial charge < -0.3 is 14.6 Å². The molecule has 3 aromatic rings. The molecule has 0 fully saturated rings. The molecule has 0 unspecified atom stereocenters. The van der Waals surface area contributed by atoms with Crippen molar-refractivity contribution < 1.29 is 8.83 Å². The Morgan fingerprint density at radius 1 is 0.923 bits per heavy atom. The predicted octanol–water partition coefficient (Wildman–Crippen LogP) is 3.92. The number of aryl methyl sites for hydroxylation is 1. The van der Waals surface area contributed by atoms with E-state index < -0.39 is 0 Å². The van der Waals surface area contributed by atoms with Crippen molar-refractivity contribution in [1.82, 2.24) is 20.2 Å². The molecule has 0 amide bonds. The van der Waals surface area contributed by atoms with Gasteiger partial charge in [-0.1, -0.05) is 27.7 Å². The third kappa shape index (κ3) is 3.83. The van der Waals surface area contributed by atoms with E-state index in [4.69, 9.17) is 14.6 Å². The zero-order valence-electron chi connectivity index (χ0n) is 15.7. The lowest BCUT2D eigenvalue weighted by Gasteiger charge is -2.06. The quantitative estimate of drug-likeness (QED) is 0.685. The molecule has 0 aromatic carbocycles. The van der Waals surface area contributed by atoms with Crippen LogP contribution in [0.25, 0.3) is 23.2 Å². The molecular formula is C19H25N5O2. The van der Waals surface area contributed by atoms with Gasteiger partial charge in [0.1, 0.15) is 18.2 Å². The number of oxazole rings is 2. The van der Waals surface area contributed by atoms with E-state index in [9.17, 15) is 0 Å². The minimum absolute atomic E-state index is 0.286. The second-order valence-corrected chi connectivity index (χ2v) is 6.96. The Labute approximate surface area is 153 Å². The molecule has 7 heteroatoms. The first-order valence-corrected chi connectivity index (χ1v) is 8.97. The third-order valence-electron chi connectivity index (χ3n) is 4.17. The van der Waals surface area contributed by atoms with E-state index in [2.05, 4.69) is 47.9 Å². The molecule has 0 radical (unpaired) electrons. The number of rotatable bonds is 7. The van der Waals surface area contributed by atoms with Crippen LogP contribution in [0.1, 0.15) is 62.9 Å². The maximum Gasteiger partial charge on any atom is 0.247 e. The monoisotopic (exact) mass is 355 g/mol. The predicted molar refractivity (Wildman–Crippen MR) is 98.6 cm³/mol. The van der Waals surface area contributed by atoms with Crippen LogP contribution in [0.4, 0.5) is 0 Å². The molecule has 0 aliphatic carbocycles. The summed E-state index contributed by atoms with van der Waals surface area (Å²) in [5, 5.41) is 8.64. The van der Waals surface area contributed by atoms with Crippen LogP contribution in [0, 0.1) is 0 Å². The zero-order valence-corrected chi connectivity index (χ0v) is 15.7. The Morgan fingerprint density at radius 3 is 2.12 bits per heavy atom. The highest BCUT2D eigenvalue weighted by molar-refractivity contribution is 5.58. The summed E-state index contributed by atoms with van der Waals surface area (Å²) >= 11 is 0. The van der Waals surface area contributed by atoms with E-state index in [-0.39, 0.29) is 5.92 Å². The van der Waals surface area contributed by atoms with Gasteiger partial charge in [-0.3, -0.25) is 0 Å². The second-order valence-electron chi connectivity index (χ2n) is 6.96. The van der Waals surface area contributed by atoms with E-state index in [0.29, 0.717) is 35.6 Å². The summed E-state index contributed by atoms with van der Waals surface area (Å²) in [6.45, 7) is 8.87. The maximum atomic E-state index is 5.69. The maximum absolute atomic E-state index is 5.69. The van der Waals surface area contributed by atoms with Crippen molar-refractivity contribution >= 4 is 0 Å². The van der Waals surface area contributed by atoms with E-state index in [1.807, 2.05) is 6.07 Å². The van der Waals surface area contributed by atoms with Gasteiger partial charge in [0.15, 0.2) is 5.69 Å². The number of nitrogens with zero attached hydrogens (tertiary/aromatic N) is 4. The summed E-state index contributed by atoms with van der Waals surface area (Å²) in [4.78, 5) is 9.04.